The van der Waals surface area contributed by atoms with Crippen LogP contribution in [0.2, 0.25) is 0 Å². The summed E-state index contributed by atoms with van der Waals surface area (Å²) in [5, 5.41) is 13.1. The van der Waals surface area contributed by atoms with E-state index in [9.17, 15) is 0 Å². The second-order valence-electron chi connectivity index (χ2n) is 7.41. The highest BCUT2D eigenvalue weighted by molar-refractivity contribution is 7.18. The summed E-state index contributed by atoms with van der Waals surface area (Å²) >= 11 is 1.65. The van der Waals surface area contributed by atoms with E-state index in [4.69, 9.17) is 9.97 Å². The molecule has 4 aromatic heterocycles. The van der Waals surface area contributed by atoms with Gasteiger partial charge in [0.05, 0.1) is 15.9 Å². The number of nitrogens with zero attached hydrogens (tertiary/aromatic N) is 4. The van der Waals surface area contributed by atoms with Gasteiger partial charge in [-0.3, -0.25) is 10.1 Å². The predicted molar refractivity (Wildman–Crippen MR) is 126 cm³/mol. The maximum Gasteiger partial charge on any atom is 0.162 e. The molecule has 0 amide bonds. The Labute approximate surface area is 184 Å². The van der Waals surface area contributed by atoms with E-state index in [1.54, 1.807) is 23.7 Å². The summed E-state index contributed by atoms with van der Waals surface area (Å²) in [5.41, 5.74) is 6.16. The third kappa shape index (κ3) is 4.18. The van der Waals surface area contributed by atoms with Crippen LogP contribution >= 0.6 is 11.3 Å². The molecule has 0 saturated carbocycles. The van der Waals surface area contributed by atoms with Gasteiger partial charge in [-0.2, -0.15) is 5.10 Å². The lowest BCUT2D eigenvalue weighted by atomic mass is 10.1. The molecule has 5 rings (SSSR count). The number of aromatic amines is 1. The minimum Gasteiger partial charge on any atom is -0.369 e. The van der Waals surface area contributed by atoms with Crippen LogP contribution in [-0.2, 0) is 6.42 Å². The van der Waals surface area contributed by atoms with Crippen LogP contribution in [0.4, 0.5) is 5.82 Å². The van der Waals surface area contributed by atoms with Crippen molar-refractivity contribution in [3.05, 3.63) is 77.6 Å². The normalized spacial score (nSPS) is 11.1. The highest BCUT2D eigenvalue weighted by atomic mass is 32.1. The monoisotopic (exact) mass is 426 g/mol. The van der Waals surface area contributed by atoms with E-state index in [1.165, 1.54) is 5.56 Å². The number of hydrogen-bond donors (Lipinski definition) is 2. The number of fused-ring (bicyclic) bond motifs is 1. The molecule has 7 heteroatoms. The standard InChI is InChI=1S/C24H22N6S/c1-16-14-20(30-29-16)19-15-31-22-21(19)27-23(18-9-12-25-13-10-18)28-24(22)26-11-5-8-17-6-3-2-4-7-17/h2-4,6-7,9-10,12-15H,5,8,11H2,1H3,(H,29,30)(H,26,27,28). The number of nitrogens with one attached hydrogen (secondary N) is 2. The fourth-order valence-corrected chi connectivity index (χ4v) is 4.51. The molecule has 0 aliphatic carbocycles. The van der Waals surface area contributed by atoms with Crippen molar-refractivity contribution < 1.29 is 0 Å². The smallest absolute Gasteiger partial charge is 0.162 e. The molecule has 0 radical (unpaired) electrons. The number of benzene rings is 1. The van der Waals surface area contributed by atoms with Crippen LogP contribution in [0.3, 0.4) is 0 Å². The van der Waals surface area contributed by atoms with E-state index < -0.39 is 0 Å². The zero-order chi connectivity index (χ0) is 21.0. The van der Waals surface area contributed by atoms with Crippen LogP contribution < -0.4 is 5.32 Å². The molecule has 31 heavy (non-hydrogen) atoms. The van der Waals surface area contributed by atoms with Crippen LogP contribution in [0.15, 0.2) is 66.3 Å². The molecule has 4 heterocycles. The van der Waals surface area contributed by atoms with Crippen LogP contribution in [-0.4, -0.2) is 31.7 Å². The maximum atomic E-state index is 4.91. The van der Waals surface area contributed by atoms with Crippen molar-refractivity contribution in [3.63, 3.8) is 0 Å². The minimum atomic E-state index is 0.687. The number of pyridine rings is 1. The van der Waals surface area contributed by atoms with Gasteiger partial charge in [-0.05, 0) is 43.5 Å². The van der Waals surface area contributed by atoms with E-state index in [0.717, 1.165) is 57.9 Å². The van der Waals surface area contributed by atoms with Gasteiger partial charge in [-0.15, -0.1) is 11.3 Å². The van der Waals surface area contributed by atoms with Crippen LogP contribution in [0.25, 0.3) is 32.9 Å². The van der Waals surface area contributed by atoms with Gasteiger partial charge in [-0.1, -0.05) is 30.3 Å². The summed E-state index contributed by atoms with van der Waals surface area (Å²) in [7, 11) is 0. The first-order valence-electron chi connectivity index (χ1n) is 10.3. The SMILES string of the molecule is Cc1cc(-c2csc3c(NCCCc4ccccc4)nc(-c4ccncc4)nc23)n[nH]1. The van der Waals surface area contributed by atoms with E-state index in [2.05, 4.69) is 56.2 Å². The molecule has 2 N–H and O–H groups in total. The van der Waals surface area contributed by atoms with Crippen molar-refractivity contribution in [2.75, 3.05) is 11.9 Å². The average Bonchev–Trinajstić information content (AvgIpc) is 3.44. The van der Waals surface area contributed by atoms with Crippen molar-refractivity contribution in [1.82, 2.24) is 25.1 Å². The van der Waals surface area contributed by atoms with Crippen molar-refractivity contribution in [3.8, 4) is 22.6 Å². The van der Waals surface area contributed by atoms with Gasteiger partial charge in [-0.25, -0.2) is 9.97 Å². The lowest BCUT2D eigenvalue weighted by molar-refractivity contribution is 0.860. The fourth-order valence-electron chi connectivity index (χ4n) is 3.55. The number of thiophene rings is 1. The van der Waals surface area contributed by atoms with Gasteiger partial charge in [0.15, 0.2) is 5.82 Å². The molecular weight excluding hydrogens is 404 g/mol. The van der Waals surface area contributed by atoms with Gasteiger partial charge in [0, 0.05) is 41.1 Å². The largest absolute Gasteiger partial charge is 0.369 e. The molecule has 0 bridgehead atoms. The van der Waals surface area contributed by atoms with Gasteiger partial charge >= 0.3 is 0 Å². The molecule has 1 aromatic carbocycles. The first kappa shape index (κ1) is 19.4. The van der Waals surface area contributed by atoms with Crippen molar-refractivity contribution in [2.45, 2.75) is 19.8 Å². The highest BCUT2D eigenvalue weighted by Gasteiger charge is 2.17. The second-order valence-corrected chi connectivity index (χ2v) is 8.29. The topological polar surface area (TPSA) is 79.4 Å². The third-order valence-electron chi connectivity index (χ3n) is 5.11. The molecule has 0 unspecified atom stereocenters. The first-order chi connectivity index (χ1) is 15.3. The lowest BCUT2D eigenvalue weighted by Gasteiger charge is -2.09. The molecule has 154 valence electrons. The highest BCUT2D eigenvalue weighted by Crippen LogP contribution is 2.37. The molecular formula is C24H22N6S. The number of anilines is 1. The Morgan fingerprint density at radius 2 is 1.87 bits per heavy atom. The predicted octanol–water partition coefficient (Wildman–Crippen LogP) is 5.50. The van der Waals surface area contributed by atoms with Crippen LogP contribution in [0, 0.1) is 6.92 Å². The number of H-pyrrole nitrogens is 1. The molecule has 0 spiro atoms. The van der Waals surface area contributed by atoms with Gasteiger partial charge in [0.1, 0.15) is 5.82 Å². The first-order valence-corrected chi connectivity index (χ1v) is 11.2. The van der Waals surface area contributed by atoms with Gasteiger partial charge in [0.25, 0.3) is 0 Å². The molecule has 5 aromatic rings. The fraction of sp³-hybridized carbons (Fsp3) is 0.167. The summed E-state index contributed by atoms with van der Waals surface area (Å²) < 4.78 is 1.05. The van der Waals surface area contributed by atoms with E-state index in [1.807, 2.05) is 25.1 Å². The van der Waals surface area contributed by atoms with E-state index in [-0.39, 0.29) is 0 Å². The maximum absolute atomic E-state index is 4.91. The summed E-state index contributed by atoms with van der Waals surface area (Å²) in [6.07, 6.45) is 5.58. The molecule has 0 fully saturated rings. The molecule has 0 aliphatic heterocycles. The second kappa shape index (κ2) is 8.65. The van der Waals surface area contributed by atoms with Gasteiger partial charge in [0.2, 0.25) is 0 Å². The lowest BCUT2D eigenvalue weighted by Crippen LogP contribution is -2.06. The number of aromatic nitrogens is 5. The van der Waals surface area contributed by atoms with Crippen molar-refractivity contribution >= 4 is 27.4 Å². The minimum absolute atomic E-state index is 0.687. The summed E-state index contributed by atoms with van der Waals surface area (Å²) in [6.45, 7) is 2.84. The van der Waals surface area contributed by atoms with Crippen LogP contribution in [0.1, 0.15) is 17.7 Å². The van der Waals surface area contributed by atoms with E-state index in [0.29, 0.717) is 5.82 Å². The summed E-state index contributed by atoms with van der Waals surface area (Å²) in [4.78, 5) is 13.9. The third-order valence-corrected chi connectivity index (χ3v) is 6.09. The molecule has 0 saturated heterocycles. The Bertz CT molecular complexity index is 1290. The quantitative estimate of drug-likeness (QED) is 0.336. The van der Waals surface area contributed by atoms with Crippen LogP contribution in [0.5, 0.6) is 0 Å². The Balaban J connectivity index is 1.48. The Morgan fingerprint density at radius 1 is 1.03 bits per heavy atom. The molecule has 6 nitrogen and oxygen atoms in total. The summed E-state index contributed by atoms with van der Waals surface area (Å²) in [5.74, 6) is 1.56. The number of aryl methyl sites for hydroxylation is 2. The zero-order valence-electron chi connectivity index (χ0n) is 17.2. The van der Waals surface area contributed by atoms with E-state index >= 15 is 0 Å². The molecule has 0 aliphatic rings. The number of hydrogen-bond acceptors (Lipinski definition) is 6. The Hall–Kier alpha value is -3.58. The van der Waals surface area contributed by atoms with Crippen molar-refractivity contribution in [1.29, 1.82) is 0 Å². The van der Waals surface area contributed by atoms with Crippen molar-refractivity contribution in [2.24, 2.45) is 0 Å². The average molecular weight is 427 g/mol. The van der Waals surface area contributed by atoms with Gasteiger partial charge < -0.3 is 5.32 Å². The zero-order valence-corrected chi connectivity index (χ0v) is 18.0. The molecule has 0 atom stereocenters. The summed E-state index contributed by atoms with van der Waals surface area (Å²) in [6, 6.07) is 16.5. The Kier molecular flexibility index (Phi) is 5.41. The Morgan fingerprint density at radius 3 is 2.65 bits per heavy atom. The number of rotatable bonds is 7.